The van der Waals surface area contributed by atoms with Crippen LogP contribution in [0.2, 0.25) is 0 Å². The normalized spacial score (nSPS) is 11.9. The van der Waals surface area contributed by atoms with Crippen LogP contribution in [0.4, 0.5) is 10.1 Å². The maximum atomic E-state index is 13.2. The molecule has 0 saturated heterocycles. The highest BCUT2D eigenvalue weighted by molar-refractivity contribution is 8.00. The van der Waals surface area contributed by atoms with E-state index < -0.39 is 5.25 Å². The number of nitrogens with one attached hydrogen (secondary N) is 1. The molecule has 1 amide bonds. The Kier molecular flexibility index (Phi) is 7.09. The van der Waals surface area contributed by atoms with Crippen molar-refractivity contribution in [3.05, 3.63) is 88.7 Å². The molecule has 2 heterocycles. The number of thioether (sulfide) groups is 1. The number of benzene rings is 2. The number of halogens is 1. The van der Waals surface area contributed by atoms with Crippen LogP contribution in [-0.2, 0) is 17.8 Å². The second-order valence-corrected chi connectivity index (χ2v) is 8.50. The number of amides is 1. The van der Waals surface area contributed by atoms with E-state index in [4.69, 9.17) is 0 Å². The summed E-state index contributed by atoms with van der Waals surface area (Å²) in [6, 6.07) is 15.4. The number of carbonyl (C=O) groups is 1. The van der Waals surface area contributed by atoms with Gasteiger partial charge >= 0.3 is 0 Å². The Morgan fingerprint density at radius 3 is 2.55 bits per heavy atom. The summed E-state index contributed by atoms with van der Waals surface area (Å²) in [6.45, 7) is 2.27. The minimum Gasteiger partial charge on any atom is -0.325 e. The summed E-state index contributed by atoms with van der Waals surface area (Å²) in [5, 5.41) is 2.69. The number of aryl methyl sites for hydroxylation is 1. The molecular weight excluding hydrogens is 441 g/mol. The van der Waals surface area contributed by atoms with Crippen LogP contribution in [0.1, 0.15) is 18.9 Å². The molecule has 0 saturated carbocycles. The number of carbonyl (C=O) groups excluding carboxylic acids is 1. The highest BCUT2D eigenvalue weighted by Gasteiger charge is 2.23. The third kappa shape index (κ3) is 5.43. The maximum Gasteiger partial charge on any atom is 0.282 e. The van der Waals surface area contributed by atoms with E-state index in [9.17, 15) is 14.0 Å². The Hall–Kier alpha value is -3.59. The molecule has 0 aliphatic rings. The van der Waals surface area contributed by atoms with Crippen LogP contribution in [0.15, 0.2) is 76.9 Å². The summed E-state index contributed by atoms with van der Waals surface area (Å²) in [7, 11) is 0. The van der Waals surface area contributed by atoms with Gasteiger partial charge in [0.2, 0.25) is 5.91 Å². The van der Waals surface area contributed by atoms with Gasteiger partial charge < -0.3 is 5.32 Å². The smallest absolute Gasteiger partial charge is 0.282 e. The first-order chi connectivity index (χ1) is 16.0. The second-order valence-electron chi connectivity index (χ2n) is 7.33. The molecule has 0 spiro atoms. The minimum absolute atomic E-state index is 0.193. The molecule has 0 aliphatic carbocycles. The number of hydrogen-bond acceptors (Lipinski definition) is 6. The van der Waals surface area contributed by atoms with Gasteiger partial charge in [-0.1, -0.05) is 49.0 Å². The second kappa shape index (κ2) is 10.4. The molecule has 0 fully saturated rings. The molecule has 1 unspecified atom stereocenters. The molecule has 4 aromatic rings. The van der Waals surface area contributed by atoms with Crippen molar-refractivity contribution in [3.8, 4) is 0 Å². The standard InChI is InChI=1S/C24H22FN5O2S/c1-2-19(22(31)28-18-10-8-17(25)9-11-18)33-24-29-21-20(26-13-14-27-21)23(32)30(24)15-12-16-6-4-3-5-7-16/h3-11,13-14,19H,2,12,15H2,1H3,(H,28,31). The van der Waals surface area contributed by atoms with Crippen LogP contribution in [0, 0.1) is 5.82 Å². The van der Waals surface area contributed by atoms with Crippen LogP contribution in [-0.4, -0.2) is 30.7 Å². The monoisotopic (exact) mass is 463 g/mol. The zero-order valence-corrected chi connectivity index (χ0v) is 18.8. The van der Waals surface area contributed by atoms with Gasteiger partial charge in [-0.05, 0) is 42.7 Å². The van der Waals surface area contributed by atoms with Gasteiger partial charge in [-0.2, -0.15) is 0 Å². The summed E-state index contributed by atoms with van der Waals surface area (Å²) >= 11 is 1.21. The molecule has 1 N–H and O–H groups in total. The van der Waals surface area contributed by atoms with Crippen molar-refractivity contribution in [2.24, 2.45) is 0 Å². The SMILES string of the molecule is CCC(Sc1nc2nccnc2c(=O)n1CCc1ccccc1)C(=O)Nc1ccc(F)cc1. The number of hydrogen-bond donors (Lipinski definition) is 1. The lowest BCUT2D eigenvalue weighted by Crippen LogP contribution is -2.29. The fourth-order valence-corrected chi connectivity index (χ4v) is 4.33. The average molecular weight is 464 g/mol. The molecule has 0 bridgehead atoms. The van der Waals surface area contributed by atoms with Gasteiger partial charge in [0.1, 0.15) is 5.82 Å². The first-order valence-electron chi connectivity index (χ1n) is 10.5. The molecule has 33 heavy (non-hydrogen) atoms. The number of aromatic nitrogens is 4. The maximum absolute atomic E-state index is 13.2. The van der Waals surface area contributed by atoms with Gasteiger partial charge in [0.15, 0.2) is 16.3 Å². The topological polar surface area (TPSA) is 89.8 Å². The number of fused-ring (bicyclic) bond motifs is 1. The lowest BCUT2D eigenvalue weighted by molar-refractivity contribution is -0.115. The highest BCUT2D eigenvalue weighted by Crippen LogP contribution is 2.25. The Labute approximate surface area is 194 Å². The van der Waals surface area contributed by atoms with Crippen LogP contribution in [0.5, 0.6) is 0 Å². The van der Waals surface area contributed by atoms with Gasteiger partial charge in [-0.15, -0.1) is 0 Å². The fraction of sp³-hybridized carbons (Fsp3) is 0.208. The predicted octanol–water partition coefficient (Wildman–Crippen LogP) is 4.08. The molecule has 2 aromatic heterocycles. The number of rotatable bonds is 8. The van der Waals surface area contributed by atoms with E-state index >= 15 is 0 Å². The van der Waals surface area contributed by atoms with E-state index in [-0.39, 0.29) is 28.4 Å². The molecule has 2 aromatic carbocycles. The number of anilines is 1. The van der Waals surface area contributed by atoms with Gasteiger partial charge in [-0.25, -0.2) is 19.3 Å². The first-order valence-corrected chi connectivity index (χ1v) is 11.4. The van der Waals surface area contributed by atoms with Crippen LogP contribution in [0.25, 0.3) is 11.2 Å². The largest absolute Gasteiger partial charge is 0.325 e. The quantitative estimate of drug-likeness (QED) is 0.313. The molecule has 0 aliphatic heterocycles. The van der Waals surface area contributed by atoms with Gasteiger partial charge in [0.25, 0.3) is 5.56 Å². The summed E-state index contributed by atoms with van der Waals surface area (Å²) in [5.41, 5.74) is 1.73. The van der Waals surface area contributed by atoms with Crippen molar-refractivity contribution in [1.82, 2.24) is 19.5 Å². The third-order valence-electron chi connectivity index (χ3n) is 5.05. The molecule has 7 nitrogen and oxygen atoms in total. The molecular formula is C24H22FN5O2S. The van der Waals surface area contributed by atoms with E-state index in [2.05, 4.69) is 20.3 Å². The minimum atomic E-state index is -0.515. The Balaban J connectivity index is 1.63. The van der Waals surface area contributed by atoms with Crippen molar-refractivity contribution in [3.63, 3.8) is 0 Å². The van der Waals surface area contributed by atoms with E-state index in [1.54, 1.807) is 4.57 Å². The van der Waals surface area contributed by atoms with E-state index in [1.165, 1.54) is 48.4 Å². The molecule has 1 atom stereocenters. The fourth-order valence-electron chi connectivity index (χ4n) is 3.31. The highest BCUT2D eigenvalue weighted by atomic mass is 32.2. The lowest BCUT2D eigenvalue weighted by Gasteiger charge is -2.17. The van der Waals surface area contributed by atoms with Gasteiger partial charge in [0.05, 0.1) is 5.25 Å². The molecule has 4 rings (SSSR count). The van der Waals surface area contributed by atoms with Crippen molar-refractivity contribution in [1.29, 1.82) is 0 Å². The zero-order valence-electron chi connectivity index (χ0n) is 17.9. The first kappa shape index (κ1) is 22.6. The van der Waals surface area contributed by atoms with E-state index in [1.807, 2.05) is 37.3 Å². The van der Waals surface area contributed by atoms with Gasteiger partial charge in [0, 0.05) is 24.6 Å². The molecule has 9 heteroatoms. The summed E-state index contributed by atoms with van der Waals surface area (Å²) in [4.78, 5) is 39.0. The van der Waals surface area contributed by atoms with E-state index in [0.717, 1.165) is 5.56 Å². The summed E-state index contributed by atoms with van der Waals surface area (Å²) < 4.78 is 14.7. The zero-order chi connectivity index (χ0) is 23.2. The number of nitrogens with zero attached hydrogens (tertiary/aromatic N) is 4. The van der Waals surface area contributed by atoms with Crippen LogP contribution < -0.4 is 10.9 Å². The van der Waals surface area contributed by atoms with Crippen molar-refractivity contribution >= 4 is 34.5 Å². The third-order valence-corrected chi connectivity index (χ3v) is 6.40. The van der Waals surface area contributed by atoms with Crippen LogP contribution in [0.3, 0.4) is 0 Å². The van der Waals surface area contributed by atoms with Crippen molar-refractivity contribution in [2.75, 3.05) is 5.32 Å². The molecule has 0 radical (unpaired) electrons. The summed E-state index contributed by atoms with van der Waals surface area (Å²) in [6.07, 6.45) is 4.08. The average Bonchev–Trinajstić information content (AvgIpc) is 2.84. The Bertz CT molecular complexity index is 1310. The lowest BCUT2D eigenvalue weighted by atomic mass is 10.1. The molecule has 168 valence electrons. The van der Waals surface area contributed by atoms with E-state index in [0.29, 0.717) is 30.2 Å². The van der Waals surface area contributed by atoms with Crippen molar-refractivity contribution < 1.29 is 9.18 Å². The van der Waals surface area contributed by atoms with Gasteiger partial charge in [-0.3, -0.25) is 14.2 Å². The van der Waals surface area contributed by atoms with Crippen molar-refractivity contribution in [2.45, 2.75) is 36.7 Å². The predicted molar refractivity (Wildman–Crippen MR) is 127 cm³/mol. The van der Waals surface area contributed by atoms with Crippen LogP contribution >= 0.6 is 11.8 Å². The summed E-state index contributed by atoms with van der Waals surface area (Å²) in [5.74, 6) is -0.629. The Morgan fingerprint density at radius 2 is 1.82 bits per heavy atom. The Morgan fingerprint density at radius 1 is 1.09 bits per heavy atom.